The number of carbonyl (C=O) groups excluding carboxylic acids is 2. The topological polar surface area (TPSA) is 123 Å². The van der Waals surface area contributed by atoms with Gasteiger partial charge in [0, 0.05) is 37.6 Å². The van der Waals surface area contributed by atoms with Crippen LogP contribution in [0.1, 0.15) is 46.5 Å². The van der Waals surface area contributed by atoms with Crippen molar-refractivity contribution in [1.82, 2.24) is 30.5 Å². The third-order valence-corrected chi connectivity index (χ3v) is 7.90. The molecule has 10 nitrogen and oxygen atoms in total. The van der Waals surface area contributed by atoms with E-state index >= 15 is 0 Å². The minimum Gasteiger partial charge on any atom is -0.492 e. The van der Waals surface area contributed by atoms with Gasteiger partial charge in [-0.15, -0.1) is 16.8 Å². The Kier molecular flexibility index (Phi) is 6.89. The standard InChI is InChI=1S/C28H24Cl2N6O4/c1-2-3-12-39-23-14-20(31-25-19(30)6-5-18(29)24(23)25)27(38)36-10-8-28(9-11-36)15-21(37)17-13-16(4-7-22(17)40-28)26-32-34-35-33-26/h2,4-7,13-14H,1,3,8-12,15H2,(H,32,33,34,35). The summed E-state index contributed by atoms with van der Waals surface area (Å²) in [6.45, 7) is 4.89. The molecule has 6 rings (SSSR count). The number of ketones is 1. The molecule has 0 aliphatic carbocycles. The summed E-state index contributed by atoms with van der Waals surface area (Å²) < 4.78 is 12.3. The van der Waals surface area contributed by atoms with Crippen molar-refractivity contribution in [1.29, 1.82) is 0 Å². The summed E-state index contributed by atoms with van der Waals surface area (Å²) >= 11 is 12.9. The molecule has 12 heteroatoms. The average Bonchev–Trinajstić information content (AvgIpc) is 3.50. The van der Waals surface area contributed by atoms with Crippen LogP contribution in [0, 0.1) is 0 Å². The quantitative estimate of drug-likeness (QED) is 0.241. The van der Waals surface area contributed by atoms with E-state index in [9.17, 15) is 9.59 Å². The van der Waals surface area contributed by atoms with Crippen LogP contribution in [-0.4, -0.2) is 67.5 Å². The van der Waals surface area contributed by atoms with Crippen molar-refractivity contribution in [3.8, 4) is 22.9 Å². The highest BCUT2D eigenvalue weighted by atomic mass is 35.5. The lowest BCUT2D eigenvalue weighted by Crippen LogP contribution is -2.52. The van der Waals surface area contributed by atoms with E-state index in [-0.39, 0.29) is 23.8 Å². The SMILES string of the molecule is C=CCCOc1cc(C(=O)N2CCC3(CC2)CC(=O)c2cc(-c4nn[nH]n4)ccc2O3)nc2c(Cl)ccc(Cl)c12. The van der Waals surface area contributed by atoms with Crippen molar-refractivity contribution in [3.63, 3.8) is 0 Å². The van der Waals surface area contributed by atoms with Gasteiger partial charge in [0.15, 0.2) is 5.78 Å². The van der Waals surface area contributed by atoms with E-state index in [2.05, 4.69) is 32.2 Å². The first-order valence-electron chi connectivity index (χ1n) is 12.8. The minimum absolute atomic E-state index is 0.0181. The second-order valence-corrected chi connectivity index (χ2v) is 10.6. The Morgan fingerprint density at radius 2 is 1.98 bits per heavy atom. The average molecular weight is 579 g/mol. The molecule has 2 aromatic heterocycles. The highest BCUT2D eigenvalue weighted by Crippen LogP contribution is 2.41. The number of H-pyrrole nitrogens is 1. The van der Waals surface area contributed by atoms with Crippen LogP contribution in [-0.2, 0) is 0 Å². The number of nitrogens with zero attached hydrogens (tertiary/aromatic N) is 5. The number of carbonyl (C=O) groups is 2. The minimum atomic E-state index is -0.679. The molecule has 204 valence electrons. The number of likely N-dealkylation sites (tertiary alicyclic amines) is 1. The van der Waals surface area contributed by atoms with Gasteiger partial charge in [-0.05, 0) is 42.0 Å². The smallest absolute Gasteiger partial charge is 0.272 e. The summed E-state index contributed by atoms with van der Waals surface area (Å²) in [7, 11) is 0. The molecule has 4 heterocycles. The number of rotatable bonds is 6. The number of hydrogen-bond acceptors (Lipinski definition) is 8. The monoisotopic (exact) mass is 578 g/mol. The molecule has 0 saturated carbocycles. The van der Waals surface area contributed by atoms with Crippen LogP contribution < -0.4 is 9.47 Å². The zero-order chi connectivity index (χ0) is 27.9. The summed E-state index contributed by atoms with van der Waals surface area (Å²) in [6.07, 6.45) is 3.59. The second-order valence-electron chi connectivity index (χ2n) is 9.81. The maximum atomic E-state index is 13.6. The van der Waals surface area contributed by atoms with Gasteiger partial charge < -0.3 is 14.4 Å². The molecular weight excluding hydrogens is 555 g/mol. The molecule has 1 amide bonds. The zero-order valence-corrected chi connectivity index (χ0v) is 22.8. The highest BCUT2D eigenvalue weighted by Gasteiger charge is 2.44. The van der Waals surface area contributed by atoms with E-state index in [4.69, 9.17) is 32.7 Å². The van der Waals surface area contributed by atoms with Gasteiger partial charge in [-0.3, -0.25) is 9.59 Å². The van der Waals surface area contributed by atoms with Crippen molar-refractivity contribution in [2.75, 3.05) is 19.7 Å². The van der Waals surface area contributed by atoms with E-state index in [0.29, 0.717) is 88.4 Å². The Labute approximate surface area is 239 Å². The molecule has 1 saturated heterocycles. The molecule has 1 N–H and O–H groups in total. The van der Waals surface area contributed by atoms with Crippen molar-refractivity contribution in [2.45, 2.75) is 31.3 Å². The predicted octanol–water partition coefficient (Wildman–Crippen LogP) is 5.32. The number of ether oxygens (including phenoxy) is 2. The number of tetrazole rings is 1. The van der Waals surface area contributed by atoms with Gasteiger partial charge in [0.05, 0.1) is 39.5 Å². The molecule has 0 unspecified atom stereocenters. The van der Waals surface area contributed by atoms with Gasteiger partial charge in [-0.2, -0.15) is 5.21 Å². The van der Waals surface area contributed by atoms with Crippen LogP contribution in [0.15, 0.2) is 49.1 Å². The molecule has 4 aromatic rings. The molecule has 0 atom stereocenters. The van der Waals surface area contributed by atoms with E-state index in [0.717, 1.165) is 0 Å². The van der Waals surface area contributed by atoms with Crippen molar-refractivity contribution in [3.05, 3.63) is 70.4 Å². The number of halogens is 2. The lowest BCUT2D eigenvalue weighted by Gasteiger charge is -2.43. The van der Waals surface area contributed by atoms with Gasteiger partial charge in [0.2, 0.25) is 5.82 Å². The molecule has 2 aliphatic rings. The number of nitrogens with one attached hydrogen (secondary N) is 1. The number of aromatic amines is 1. The number of pyridine rings is 1. The Morgan fingerprint density at radius 3 is 2.73 bits per heavy atom. The van der Waals surface area contributed by atoms with Crippen LogP contribution >= 0.6 is 23.2 Å². The number of aromatic nitrogens is 5. The van der Waals surface area contributed by atoms with Gasteiger partial charge >= 0.3 is 0 Å². The summed E-state index contributed by atoms with van der Waals surface area (Å²) in [5.41, 5.74) is 1.10. The van der Waals surface area contributed by atoms with Gasteiger partial charge in [-0.25, -0.2) is 4.98 Å². The Hall–Kier alpha value is -4.02. The lowest BCUT2D eigenvalue weighted by molar-refractivity contribution is -0.00584. The number of benzene rings is 2. The third-order valence-electron chi connectivity index (χ3n) is 7.28. The fourth-order valence-corrected chi connectivity index (χ4v) is 5.63. The van der Waals surface area contributed by atoms with Crippen molar-refractivity contribution in [2.24, 2.45) is 0 Å². The summed E-state index contributed by atoms with van der Waals surface area (Å²) in [5.74, 6) is 1.09. The molecule has 0 bridgehead atoms. The fraction of sp³-hybridized carbons (Fsp3) is 0.286. The first-order valence-corrected chi connectivity index (χ1v) is 13.5. The fourth-order valence-electron chi connectivity index (χ4n) is 5.18. The number of hydrogen-bond donors (Lipinski definition) is 1. The van der Waals surface area contributed by atoms with Crippen molar-refractivity contribution >= 4 is 45.8 Å². The Morgan fingerprint density at radius 1 is 1.18 bits per heavy atom. The molecule has 1 spiro atoms. The molecule has 0 radical (unpaired) electrons. The number of piperidine rings is 1. The summed E-state index contributed by atoms with van der Waals surface area (Å²) in [6, 6.07) is 10.2. The maximum Gasteiger partial charge on any atom is 0.272 e. The van der Waals surface area contributed by atoms with Crippen LogP contribution in [0.3, 0.4) is 0 Å². The predicted molar refractivity (Wildman–Crippen MR) is 149 cm³/mol. The lowest BCUT2D eigenvalue weighted by atomic mass is 9.82. The molecule has 2 aliphatic heterocycles. The number of fused-ring (bicyclic) bond motifs is 2. The van der Waals surface area contributed by atoms with E-state index in [1.807, 2.05) is 0 Å². The molecule has 2 aromatic carbocycles. The number of amides is 1. The number of Topliss-reactive ketones (excluding diaryl/α,β-unsaturated/α-hetero) is 1. The van der Waals surface area contributed by atoms with Crippen LogP contribution in [0.4, 0.5) is 0 Å². The Bertz CT molecular complexity index is 1630. The molecular formula is C28H24Cl2N6O4. The highest BCUT2D eigenvalue weighted by molar-refractivity contribution is 6.40. The molecule has 1 fully saturated rings. The van der Waals surface area contributed by atoms with Gasteiger partial charge in [-0.1, -0.05) is 29.3 Å². The largest absolute Gasteiger partial charge is 0.492 e. The van der Waals surface area contributed by atoms with E-state index < -0.39 is 5.60 Å². The van der Waals surface area contributed by atoms with Crippen LogP contribution in [0.5, 0.6) is 11.5 Å². The zero-order valence-electron chi connectivity index (χ0n) is 21.3. The van der Waals surface area contributed by atoms with Gasteiger partial charge in [0.1, 0.15) is 22.8 Å². The second kappa shape index (κ2) is 10.5. The van der Waals surface area contributed by atoms with E-state index in [1.54, 1.807) is 47.4 Å². The summed E-state index contributed by atoms with van der Waals surface area (Å²) in [5, 5.41) is 15.3. The summed E-state index contributed by atoms with van der Waals surface area (Å²) in [4.78, 5) is 33.0. The first kappa shape index (κ1) is 26.2. The van der Waals surface area contributed by atoms with Crippen molar-refractivity contribution < 1.29 is 19.1 Å². The van der Waals surface area contributed by atoms with E-state index in [1.165, 1.54) is 0 Å². The molecule has 40 heavy (non-hydrogen) atoms. The van der Waals surface area contributed by atoms with Gasteiger partial charge in [0.25, 0.3) is 5.91 Å². The third kappa shape index (κ3) is 4.77. The first-order chi connectivity index (χ1) is 19.4. The normalized spacial score (nSPS) is 16.1. The maximum absolute atomic E-state index is 13.6. The van der Waals surface area contributed by atoms with Crippen LogP contribution in [0.2, 0.25) is 10.0 Å². The van der Waals surface area contributed by atoms with Crippen LogP contribution in [0.25, 0.3) is 22.3 Å². The Balaban J connectivity index is 1.21.